The zero-order valence-corrected chi connectivity index (χ0v) is 18.4. The van der Waals surface area contributed by atoms with E-state index >= 15 is 0 Å². The number of alkyl halides is 1. The van der Waals surface area contributed by atoms with Crippen molar-refractivity contribution >= 4 is 39.3 Å². The highest BCUT2D eigenvalue weighted by atomic mass is 79.9. The maximum absolute atomic E-state index is 14.9. The van der Waals surface area contributed by atoms with E-state index < -0.39 is 18.0 Å². The highest BCUT2D eigenvalue weighted by Crippen LogP contribution is 2.31. The average molecular weight is 479 g/mol. The molecule has 2 saturated heterocycles. The molecule has 0 bridgehead atoms. The standard InChI is InChI=1S/C21H24BrFN4O3/c1-2-14(11-24)15-5-7-26(8-6-15)19-4-3-16(9-18(19)23)27-13-17(30-21(27)29)12-25-20(28)10-22/h3-4,9,17H,2,5-8,10,12-13H2,1H3,(H,25,28)/t17-/m0/s1. The van der Waals surface area contributed by atoms with Crippen LogP contribution in [0.3, 0.4) is 0 Å². The van der Waals surface area contributed by atoms with Crippen LogP contribution >= 0.6 is 15.9 Å². The summed E-state index contributed by atoms with van der Waals surface area (Å²) in [5, 5.41) is 12.0. The van der Waals surface area contributed by atoms with Crippen LogP contribution in [0.4, 0.5) is 20.6 Å². The molecule has 0 spiro atoms. The number of hydrogen-bond donors (Lipinski definition) is 1. The van der Waals surface area contributed by atoms with Crippen molar-refractivity contribution in [1.29, 1.82) is 5.26 Å². The van der Waals surface area contributed by atoms with Gasteiger partial charge >= 0.3 is 6.09 Å². The van der Waals surface area contributed by atoms with Crippen LogP contribution in [0.15, 0.2) is 29.3 Å². The van der Waals surface area contributed by atoms with Crippen molar-refractivity contribution in [3.63, 3.8) is 0 Å². The molecule has 2 aliphatic heterocycles. The van der Waals surface area contributed by atoms with Gasteiger partial charge in [-0.1, -0.05) is 28.4 Å². The van der Waals surface area contributed by atoms with E-state index in [0.717, 1.165) is 30.4 Å². The van der Waals surface area contributed by atoms with Gasteiger partial charge in [0.2, 0.25) is 5.91 Å². The summed E-state index contributed by atoms with van der Waals surface area (Å²) in [6.45, 7) is 3.72. The Balaban J connectivity index is 1.65. The van der Waals surface area contributed by atoms with Crippen molar-refractivity contribution in [1.82, 2.24) is 5.32 Å². The average Bonchev–Trinajstić information content (AvgIpc) is 3.14. The van der Waals surface area contributed by atoms with E-state index in [1.807, 2.05) is 11.8 Å². The zero-order valence-electron chi connectivity index (χ0n) is 16.8. The number of halogens is 2. The second kappa shape index (κ2) is 9.94. The minimum Gasteiger partial charge on any atom is -0.442 e. The summed E-state index contributed by atoms with van der Waals surface area (Å²) in [7, 11) is 0. The van der Waals surface area contributed by atoms with Crippen molar-refractivity contribution in [3.8, 4) is 6.07 Å². The van der Waals surface area contributed by atoms with Gasteiger partial charge in [0, 0.05) is 18.7 Å². The Hall–Kier alpha value is -2.60. The molecule has 1 aromatic carbocycles. The number of piperidine rings is 1. The number of anilines is 2. The Labute approximate surface area is 183 Å². The number of amides is 2. The molecule has 0 aliphatic carbocycles. The van der Waals surface area contributed by atoms with E-state index in [2.05, 4.69) is 27.3 Å². The second-order valence-corrected chi connectivity index (χ2v) is 7.79. The van der Waals surface area contributed by atoms with Crippen molar-refractivity contribution in [2.75, 3.05) is 41.3 Å². The molecule has 0 aromatic heterocycles. The van der Waals surface area contributed by atoms with Gasteiger partial charge in [-0.3, -0.25) is 9.69 Å². The number of carbonyl (C=O) groups excluding carboxylic acids is 2. The summed E-state index contributed by atoms with van der Waals surface area (Å²) in [6.07, 6.45) is 1.18. The lowest BCUT2D eigenvalue weighted by Crippen LogP contribution is -2.35. The van der Waals surface area contributed by atoms with Crippen molar-refractivity contribution in [2.24, 2.45) is 0 Å². The van der Waals surface area contributed by atoms with E-state index in [1.165, 1.54) is 11.0 Å². The molecule has 30 heavy (non-hydrogen) atoms. The summed E-state index contributed by atoms with van der Waals surface area (Å²) in [6, 6.07) is 6.99. The normalized spacial score (nSPS) is 18.8. The highest BCUT2D eigenvalue weighted by Gasteiger charge is 2.33. The van der Waals surface area contributed by atoms with Crippen LogP contribution < -0.4 is 15.1 Å². The summed E-state index contributed by atoms with van der Waals surface area (Å²) >= 11 is 3.06. The zero-order chi connectivity index (χ0) is 21.7. The quantitative estimate of drug-likeness (QED) is 0.499. The predicted octanol–water partition coefficient (Wildman–Crippen LogP) is 3.49. The molecule has 1 N–H and O–H groups in total. The minimum atomic E-state index is -0.559. The number of nitrogens with zero attached hydrogens (tertiary/aromatic N) is 3. The van der Waals surface area contributed by atoms with Gasteiger partial charge in [-0.15, -0.1) is 0 Å². The van der Waals surface area contributed by atoms with E-state index in [-0.39, 0.29) is 24.3 Å². The monoisotopic (exact) mass is 478 g/mol. The van der Waals surface area contributed by atoms with Crippen molar-refractivity contribution < 1.29 is 18.7 Å². The molecular formula is C21H24BrFN4O3. The summed E-state index contributed by atoms with van der Waals surface area (Å²) in [5.41, 5.74) is 2.90. The Kier molecular flexibility index (Phi) is 7.32. The maximum atomic E-state index is 14.9. The third kappa shape index (κ3) is 4.93. The van der Waals surface area contributed by atoms with Gasteiger partial charge in [0.1, 0.15) is 11.9 Å². The first kappa shape index (κ1) is 22.1. The molecule has 0 saturated carbocycles. The van der Waals surface area contributed by atoms with Gasteiger partial charge in [0.25, 0.3) is 0 Å². The fourth-order valence-electron chi connectivity index (χ4n) is 3.76. The Morgan fingerprint density at radius 1 is 1.40 bits per heavy atom. The number of allylic oxidation sites excluding steroid dienone is 1. The molecule has 160 valence electrons. The first-order chi connectivity index (χ1) is 14.5. The van der Waals surface area contributed by atoms with Crippen LogP contribution in [0.1, 0.15) is 26.2 Å². The van der Waals surface area contributed by atoms with Gasteiger partial charge in [-0.05, 0) is 37.5 Å². The molecule has 2 aliphatic rings. The summed E-state index contributed by atoms with van der Waals surface area (Å²) < 4.78 is 20.1. The lowest BCUT2D eigenvalue weighted by molar-refractivity contribution is -0.118. The molecule has 0 radical (unpaired) electrons. The molecular weight excluding hydrogens is 455 g/mol. The number of hydrogen-bond acceptors (Lipinski definition) is 5. The molecule has 0 unspecified atom stereocenters. The Morgan fingerprint density at radius 2 is 2.13 bits per heavy atom. The third-order valence-electron chi connectivity index (χ3n) is 5.39. The number of carbonyl (C=O) groups is 2. The topological polar surface area (TPSA) is 85.7 Å². The SMILES string of the molecule is CCC(C#N)=C1CCN(c2ccc(N3C[C@H](CNC(=O)CBr)OC3=O)cc2F)CC1. The first-order valence-corrected chi connectivity index (χ1v) is 11.0. The van der Waals surface area contributed by atoms with E-state index in [1.54, 1.807) is 12.1 Å². The third-order valence-corrected chi connectivity index (χ3v) is 5.90. The van der Waals surface area contributed by atoms with Gasteiger partial charge in [-0.25, -0.2) is 9.18 Å². The van der Waals surface area contributed by atoms with Crippen molar-refractivity contribution in [3.05, 3.63) is 35.2 Å². The van der Waals surface area contributed by atoms with Crippen LogP contribution in [0.2, 0.25) is 0 Å². The number of nitriles is 1. The maximum Gasteiger partial charge on any atom is 0.414 e. The van der Waals surface area contributed by atoms with Crippen LogP contribution in [-0.4, -0.2) is 49.6 Å². The molecule has 1 aromatic rings. The number of benzene rings is 1. The molecule has 9 heteroatoms. The largest absolute Gasteiger partial charge is 0.442 e. The fourth-order valence-corrected chi connectivity index (χ4v) is 3.96. The fraction of sp³-hybridized carbons (Fsp3) is 0.476. The first-order valence-electron chi connectivity index (χ1n) is 9.93. The Morgan fingerprint density at radius 3 is 2.73 bits per heavy atom. The number of ether oxygens (including phenoxy) is 1. The number of rotatable bonds is 6. The van der Waals surface area contributed by atoms with E-state index in [4.69, 9.17) is 4.74 Å². The van der Waals surface area contributed by atoms with Crippen LogP contribution in [0, 0.1) is 17.1 Å². The lowest BCUT2D eigenvalue weighted by atomic mass is 9.96. The number of cyclic esters (lactones) is 1. The van der Waals surface area contributed by atoms with E-state index in [9.17, 15) is 19.2 Å². The molecule has 3 rings (SSSR count). The van der Waals surface area contributed by atoms with Gasteiger partial charge in [0.15, 0.2) is 0 Å². The smallest absolute Gasteiger partial charge is 0.414 e. The molecule has 7 nitrogen and oxygen atoms in total. The molecule has 2 heterocycles. The molecule has 2 amide bonds. The second-order valence-electron chi connectivity index (χ2n) is 7.22. The highest BCUT2D eigenvalue weighted by molar-refractivity contribution is 9.09. The van der Waals surface area contributed by atoms with Gasteiger partial charge < -0.3 is 15.0 Å². The summed E-state index contributed by atoms with van der Waals surface area (Å²) in [5.74, 6) is -0.597. The molecule has 2 fully saturated rings. The molecule has 1 atom stereocenters. The van der Waals surface area contributed by atoms with Crippen LogP contribution in [0.25, 0.3) is 0 Å². The Bertz CT molecular complexity index is 889. The lowest BCUT2D eigenvalue weighted by Gasteiger charge is -2.31. The predicted molar refractivity (Wildman–Crippen MR) is 115 cm³/mol. The van der Waals surface area contributed by atoms with E-state index in [0.29, 0.717) is 24.5 Å². The summed E-state index contributed by atoms with van der Waals surface area (Å²) in [4.78, 5) is 26.8. The number of nitrogens with one attached hydrogen (secondary N) is 1. The van der Waals surface area contributed by atoms with Crippen LogP contribution in [-0.2, 0) is 9.53 Å². The van der Waals surface area contributed by atoms with Gasteiger partial charge in [0.05, 0.1) is 35.9 Å². The van der Waals surface area contributed by atoms with Crippen molar-refractivity contribution in [2.45, 2.75) is 32.3 Å². The van der Waals surface area contributed by atoms with Gasteiger partial charge in [-0.2, -0.15) is 5.26 Å². The minimum absolute atomic E-state index is 0.175. The van der Waals surface area contributed by atoms with Crippen LogP contribution in [0.5, 0.6) is 0 Å².